The van der Waals surface area contributed by atoms with Crippen molar-refractivity contribution in [2.75, 3.05) is 0 Å². The molecule has 4 nitrogen and oxygen atoms in total. The van der Waals surface area contributed by atoms with E-state index in [1.54, 1.807) is 12.5 Å². The van der Waals surface area contributed by atoms with Gasteiger partial charge in [0.15, 0.2) is 5.78 Å². The van der Waals surface area contributed by atoms with E-state index in [9.17, 15) is 4.79 Å². The molecule has 0 aliphatic heterocycles. The molecule has 102 valence electrons. The molecule has 20 heavy (non-hydrogen) atoms. The number of hydrogen-bond donors (Lipinski definition) is 0. The molecule has 0 aliphatic rings. The number of imidazole rings is 1. The minimum absolute atomic E-state index is 0.188. The molecule has 0 amide bonds. The maximum absolute atomic E-state index is 12.5. The van der Waals surface area contributed by atoms with Crippen molar-refractivity contribution in [3.05, 3.63) is 54.2 Å². The van der Waals surface area contributed by atoms with E-state index in [-0.39, 0.29) is 5.78 Å². The van der Waals surface area contributed by atoms with Gasteiger partial charge in [-0.25, -0.2) is 4.98 Å². The lowest BCUT2D eigenvalue weighted by Crippen LogP contribution is -2.06. The largest absolute Gasteiger partial charge is 0.347 e. The van der Waals surface area contributed by atoms with Gasteiger partial charge in [-0.1, -0.05) is 18.2 Å². The third-order valence-electron chi connectivity index (χ3n) is 3.83. The number of aryl methyl sites for hydroxylation is 2. The van der Waals surface area contributed by atoms with Crippen molar-refractivity contribution >= 4 is 16.7 Å². The van der Waals surface area contributed by atoms with Gasteiger partial charge in [-0.2, -0.15) is 0 Å². The summed E-state index contributed by atoms with van der Waals surface area (Å²) >= 11 is 0. The van der Waals surface area contributed by atoms with Gasteiger partial charge in [0.25, 0.3) is 0 Å². The standard InChI is InChI=1S/C16H17N3O/c1-12-16(13-5-3-4-6-14(13)18(12)2)15(20)7-9-19-10-8-17-11-19/h3-6,8,10-11H,7,9H2,1-2H3. The lowest BCUT2D eigenvalue weighted by Gasteiger charge is -2.03. The van der Waals surface area contributed by atoms with Gasteiger partial charge in [0.05, 0.1) is 6.33 Å². The number of carbonyl (C=O) groups excluding carboxylic acids is 1. The van der Waals surface area contributed by atoms with Crippen LogP contribution in [0.5, 0.6) is 0 Å². The molecular weight excluding hydrogens is 250 g/mol. The summed E-state index contributed by atoms with van der Waals surface area (Å²) in [6, 6.07) is 8.05. The zero-order chi connectivity index (χ0) is 14.1. The van der Waals surface area contributed by atoms with Gasteiger partial charge in [-0.05, 0) is 13.0 Å². The number of ketones is 1. The summed E-state index contributed by atoms with van der Waals surface area (Å²) in [6.45, 7) is 2.67. The van der Waals surface area contributed by atoms with Crippen LogP contribution >= 0.6 is 0 Å². The molecule has 0 unspecified atom stereocenters. The molecule has 2 heterocycles. The van der Waals surface area contributed by atoms with Gasteiger partial charge in [0, 0.05) is 54.6 Å². The van der Waals surface area contributed by atoms with Crippen molar-refractivity contribution in [2.45, 2.75) is 19.9 Å². The molecule has 0 N–H and O–H groups in total. The first-order chi connectivity index (χ1) is 9.68. The van der Waals surface area contributed by atoms with E-state index in [2.05, 4.69) is 15.6 Å². The highest BCUT2D eigenvalue weighted by atomic mass is 16.1. The molecule has 0 spiro atoms. The molecule has 1 aromatic carbocycles. The van der Waals surface area contributed by atoms with E-state index >= 15 is 0 Å². The van der Waals surface area contributed by atoms with Crippen molar-refractivity contribution in [2.24, 2.45) is 7.05 Å². The van der Waals surface area contributed by atoms with Crippen LogP contribution in [-0.4, -0.2) is 19.9 Å². The summed E-state index contributed by atoms with van der Waals surface area (Å²) in [5.41, 5.74) is 2.99. The summed E-state index contributed by atoms with van der Waals surface area (Å²) in [5.74, 6) is 0.188. The van der Waals surface area contributed by atoms with Crippen molar-refractivity contribution in [3.8, 4) is 0 Å². The molecule has 0 saturated heterocycles. The zero-order valence-corrected chi connectivity index (χ0v) is 11.7. The first-order valence-electron chi connectivity index (χ1n) is 6.71. The number of aromatic nitrogens is 3. The predicted molar refractivity (Wildman–Crippen MR) is 78.8 cm³/mol. The number of benzene rings is 1. The highest BCUT2D eigenvalue weighted by Crippen LogP contribution is 2.25. The summed E-state index contributed by atoms with van der Waals surface area (Å²) < 4.78 is 4.01. The van der Waals surface area contributed by atoms with Crippen LogP contribution in [0.1, 0.15) is 22.5 Å². The van der Waals surface area contributed by atoms with Gasteiger partial charge >= 0.3 is 0 Å². The number of carbonyl (C=O) groups is 1. The SMILES string of the molecule is Cc1c(C(=O)CCn2ccnc2)c2ccccc2n1C. The second kappa shape index (κ2) is 4.96. The quantitative estimate of drug-likeness (QED) is 0.682. The first-order valence-corrected chi connectivity index (χ1v) is 6.71. The average molecular weight is 267 g/mol. The maximum Gasteiger partial charge on any atom is 0.167 e. The van der Waals surface area contributed by atoms with Crippen LogP contribution in [-0.2, 0) is 13.6 Å². The first kappa shape index (κ1) is 12.7. The lowest BCUT2D eigenvalue weighted by molar-refractivity contribution is 0.0978. The van der Waals surface area contributed by atoms with Gasteiger partial charge in [0.2, 0.25) is 0 Å². The molecule has 2 aromatic heterocycles. The Morgan fingerprint density at radius 1 is 1.30 bits per heavy atom. The van der Waals surface area contributed by atoms with Crippen LogP contribution in [0, 0.1) is 6.92 Å². The van der Waals surface area contributed by atoms with E-state index < -0.39 is 0 Å². The average Bonchev–Trinajstić information content (AvgIpc) is 3.05. The van der Waals surface area contributed by atoms with Crippen LogP contribution in [0.3, 0.4) is 0 Å². The Hall–Kier alpha value is -2.36. The molecule has 0 bridgehead atoms. The third-order valence-corrected chi connectivity index (χ3v) is 3.83. The molecule has 0 atom stereocenters. The molecule has 0 saturated carbocycles. The van der Waals surface area contributed by atoms with Crippen LogP contribution < -0.4 is 0 Å². The lowest BCUT2D eigenvalue weighted by atomic mass is 10.0. The number of Topliss-reactive ketones (excluding diaryl/α,β-unsaturated/α-hetero) is 1. The number of nitrogens with zero attached hydrogens (tertiary/aromatic N) is 3. The van der Waals surface area contributed by atoms with Crippen molar-refractivity contribution in [1.29, 1.82) is 0 Å². The topological polar surface area (TPSA) is 39.8 Å². The van der Waals surface area contributed by atoms with E-state index in [4.69, 9.17) is 0 Å². The summed E-state index contributed by atoms with van der Waals surface area (Å²) in [5, 5.41) is 1.04. The van der Waals surface area contributed by atoms with E-state index in [0.29, 0.717) is 13.0 Å². The predicted octanol–water partition coefficient (Wildman–Crippen LogP) is 2.96. The highest BCUT2D eigenvalue weighted by molar-refractivity contribution is 6.09. The molecule has 3 aromatic rings. The Labute approximate surface area is 117 Å². The van der Waals surface area contributed by atoms with Gasteiger partial charge in [-0.3, -0.25) is 4.79 Å². The molecule has 0 aliphatic carbocycles. The smallest absolute Gasteiger partial charge is 0.167 e. The molecule has 0 fully saturated rings. The number of rotatable bonds is 4. The Balaban J connectivity index is 1.93. The highest BCUT2D eigenvalue weighted by Gasteiger charge is 2.17. The van der Waals surface area contributed by atoms with Crippen LogP contribution in [0.25, 0.3) is 10.9 Å². The van der Waals surface area contributed by atoms with Crippen LogP contribution in [0.2, 0.25) is 0 Å². The molecule has 4 heteroatoms. The van der Waals surface area contributed by atoms with Gasteiger partial charge in [0.1, 0.15) is 0 Å². The minimum atomic E-state index is 0.188. The molecule has 3 rings (SSSR count). The summed E-state index contributed by atoms with van der Waals surface area (Å²) in [7, 11) is 2.00. The summed E-state index contributed by atoms with van der Waals surface area (Å²) in [4.78, 5) is 16.5. The molecular formula is C16H17N3O. The van der Waals surface area contributed by atoms with Gasteiger partial charge in [-0.15, -0.1) is 0 Å². The number of hydrogen-bond acceptors (Lipinski definition) is 2. The van der Waals surface area contributed by atoms with Crippen LogP contribution in [0.15, 0.2) is 43.0 Å². The van der Waals surface area contributed by atoms with E-state index in [1.807, 2.05) is 42.9 Å². The van der Waals surface area contributed by atoms with Crippen molar-refractivity contribution in [3.63, 3.8) is 0 Å². The fourth-order valence-electron chi connectivity index (χ4n) is 2.65. The Kier molecular flexibility index (Phi) is 3.14. The van der Waals surface area contributed by atoms with Gasteiger partial charge < -0.3 is 9.13 Å². The normalized spacial score (nSPS) is 11.1. The maximum atomic E-state index is 12.5. The Morgan fingerprint density at radius 3 is 2.85 bits per heavy atom. The van der Waals surface area contributed by atoms with Crippen molar-refractivity contribution < 1.29 is 4.79 Å². The number of para-hydroxylation sites is 1. The van der Waals surface area contributed by atoms with E-state index in [1.165, 1.54) is 0 Å². The summed E-state index contributed by atoms with van der Waals surface area (Å²) in [6.07, 6.45) is 5.84. The fourth-order valence-corrected chi connectivity index (χ4v) is 2.65. The Bertz CT molecular complexity index is 753. The van der Waals surface area contributed by atoms with Crippen LogP contribution in [0.4, 0.5) is 0 Å². The minimum Gasteiger partial charge on any atom is -0.347 e. The zero-order valence-electron chi connectivity index (χ0n) is 11.7. The second-order valence-corrected chi connectivity index (χ2v) is 5.01. The monoisotopic (exact) mass is 267 g/mol. The van der Waals surface area contributed by atoms with E-state index in [0.717, 1.165) is 22.2 Å². The second-order valence-electron chi connectivity index (χ2n) is 5.01. The van der Waals surface area contributed by atoms with Crippen molar-refractivity contribution in [1.82, 2.24) is 14.1 Å². The number of fused-ring (bicyclic) bond motifs is 1. The molecule has 0 radical (unpaired) electrons. The fraction of sp³-hybridized carbons (Fsp3) is 0.250. The Morgan fingerprint density at radius 2 is 2.10 bits per heavy atom. The third kappa shape index (κ3) is 2.03.